The lowest BCUT2D eigenvalue weighted by molar-refractivity contribution is -0.0950. The molecule has 4 atom stereocenters. The Hall–Kier alpha value is -1.89. The van der Waals surface area contributed by atoms with Gasteiger partial charge in [0.1, 0.15) is 24.1 Å². The van der Waals surface area contributed by atoms with Crippen LogP contribution in [0.25, 0.3) is 11.2 Å². The molecule has 2 aromatic rings. The quantitative estimate of drug-likeness (QED) is 0.437. The van der Waals surface area contributed by atoms with E-state index in [2.05, 4.69) is 15.0 Å². The molecule has 2 aromatic heterocycles. The van der Waals surface area contributed by atoms with Crippen molar-refractivity contribution in [3.8, 4) is 0 Å². The van der Waals surface area contributed by atoms with E-state index in [1.54, 1.807) is 7.05 Å². The molecule has 11 nitrogen and oxygen atoms in total. The number of anilines is 1. The van der Waals surface area contributed by atoms with Gasteiger partial charge in [0, 0.05) is 7.05 Å². The summed E-state index contributed by atoms with van der Waals surface area (Å²) in [7, 11) is 1.62. The number of fused-ring (bicyclic) bond motifs is 1. The smallest absolute Gasteiger partial charge is 0.183 e. The van der Waals surface area contributed by atoms with Gasteiger partial charge >= 0.3 is 0 Å². The maximum Gasteiger partial charge on any atom is 0.183 e. The van der Waals surface area contributed by atoms with Crippen molar-refractivity contribution < 1.29 is 30.0 Å². The first-order chi connectivity index (χ1) is 11.9. The molecule has 138 valence electrons. The molecular formula is C14H21N5O6. The minimum Gasteiger partial charge on any atom is -0.394 e. The molecule has 1 saturated heterocycles. The fourth-order valence-electron chi connectivity index (χ4n) is 2.87. The molecular weight excluding hydrogens is 334 g/mol. The first-order valence-corrected chi connectivity index (χ1v) is 7.73. The zero-order valence-electron chi connectivity index (χ0n) is 13.8. The zero-order valence-corrected chi connectivity index (χ0v) is 13.8. The third-order valence-corrected chi connectivity index (χ3v) is 4.20. The number of hydrogen-bond donors (Lipinski definition) is 4. The summed E-state index contributed by atoms with van der Waals surface area (Å²) in [5, 5.41) is 40.3. The summed E-state index contributed by atoms with van der Waals surface area (Å²) < 4.78 is 7.06. The predicted molar refractivity (Wildman–Crippen MR) is 84.4 cm³/mol. The van der Waals surface area contributed by atoms with Gasteiger partial charge in [-0.15, -0.1) is 0 Å². The highest BCUT2D eigenvalue weighted by molar-refractivity contribution is 5.82. The Morgan fingerprint density at radius 2 is 2.12 bits per heavy atom. The third kappa shape index (κ3) is 2.94. The highest BCUT2D eigenvalue weighted by Crippen LogP contribution is 2.39. The van der Waals surface area contributed by atoms with Gasteiger partial charge in [-0.05, 0) is 6.92 Å². The Morgan fingerprint density at radius 3 is 2.76 bits per heavy atom. The van der Waals surface area contributed by atoms with E-state index >= 15 is 0 Å². The second-order valence-corrected chi connectivity index (χ2v) is 5.96. The number of aliphatic hydroxyl groups is 4. The van der Waals surface area contributed by atoms with E-state index in [0.717, 1.165) is 0 Å². The number of aliphatic hydroxyl groups excluding tert-OH is 3. The van der Waals surface area contributed by atoms with Gasteiger partial charge in [0.2, 0.25) is 0 Å². The number of rotatable bonds is 6. The number of hydrogen-bond acceptors (Lipinski definition) is 10. The molecule has 0 aliphatic carbocycles. The maximum absolute atomic E-state index is 10.6. The molecule has 0 aromatic carbocycles. The van der Waals surface area contributed by atoms with Crippen LogP contribution in [-0.2, 0) is 9.57 Å². The largest absolute Gasteiger partial charge is 0.394 e. The van der Waals surface area contributed by atoms with Gasteiger partial charge in [0.15, 0.2) is 23.2 Å². The molecule has 0 radical (unpaired) electrons. The third-order valence-electron chi connectivity index (χ3n) is 4.20. The van der Waals surface area contributed by atoms with E-state index in [-0.39, 0.29) is 13.2 Å². The van der Waals surface area contributed by atoms with Gasteiger partial charge < -0.3 is 25.2 Å². The van der Waals surface area contributed by atoms with E-state index in [1.807, 2.05) is 0 Å². The number of aromatic nitrogens is 4. The van der Waals surface area contributed by atoms with Gasteiger partial charge in [-0.2, -0.15) is 0 Å². The maximum atomic E-state index is 10.6. The van der Waals surface area contributed by atoms with Crippen LogP contribution in [0.4, 0.5) is 5.82 Å². The van der Waals surface area contributed by atoms with Crippen molar-refractivity contribution in [1.29, 1.82) is 0 Å². The lowest BCUT2D eigenvalue weighted by atomic mass is 9.96. The van der Waals surface area contributed by atoms with Crippen molar-refractivity contribution in [1.82, 2.24) is 19.5 Å². The number of imidazole rings is 1. The Balaban J connectivity index is 1.99. The van der Waals surface area contributed by atoms with E-state index < -0.39 is 30.6 Å². The highest BCUT2D eigenvalue weighted by atomic mass is 16.7. The summed E-state index contributed by atoms with van der Waals surface area (Å²) in [5.41, 5.74) is -0.893. The Kier molecular flexibility index (Phi) is 4.86. The van der Waals surface area contributed by atoms with Gasteiger partial charge in [-0.25, -0.2) is 20.0 Å². The summed E-state index contributed by atoms with van der Waals surface area (Å²) in [6, 6.07) is 0. The minimum atomic E-state index is -1.65. The van der Waals surface area contributed by atoms with Crippen LogP contribution in [0.3, 0.4) is 0 Å². The van der Waals surface area contributed by atoms with Crippen LogP contribution in [0.15, 0.2) is 12.7 Å². The first kappa shape index (κ1) is 17.9. The summed E-state index contributed by atoms with van der Waals surface area (Å²) in [5.74, 6) is 0.370. The topological polar surface area (TPSA) is 146 Å². The summed E-state index contributed by atoms with van der Waals surface area (Å²) in [4.78, 5) is 17.8. The van der Waals surface area contributed by atoms with Gasteiger partial charge in [-0.1, -0.05) is 0 Å². The average Bonchev–Trinajstić information content (AvgIpc) is 3.12. The molecule has 3 rings (SSSR count). The Morgan fingerprint density at radius 1 is 1.36 bits per heavy atom. The van der Waals surface area contributed by atoms with Gasteiger partial charge in [0.05, 0.1) is 26.1 Å². The van der Waals surface area contributed by atoms with Crippen LogP contribution in [0.2, 0.25) is 0 Å². The fraction of sp³-hybridized carbons (Fsp3) is 0.643. The van der Waals surface area contributed by atoms with Gasteiger partial charge in [0.25, 0.3) is 0 Å². The van der Waals surface area contributed by atoms with Crippen molar-refractivity contribution in [2.45, 2.75) is 31.0 Å². The van der Waals surface area contributed by atoms with E-state index in [0.29, 0.717) is 17.0 Å². The number of nitrogens with zero attached hydrogens (tertiary/aromatic N) is 5. The van der Waals surface area contributed by atoms with Crippen molar-refractivity contribution in [2.24, 2.45) is 0 Å². The van der Waals surface area contributed by atoms with Crippen LogP contribution >= 0.6 is 0 Å². The van der Waals surface area contributed by atoms with Gasteiger partial charge in [-0.3, -0.25) is 9.40 Å². The Labute approximate surface area is 143 Å². The second kappa shape index (κ2) is 6.78. The Bertz CT molecular complexity index is 738. The predicted octanol–water partition coefficient (Wildman–Crippen LogP) is -1.81. The molecule has 0 spiro atoms. The first-order valence-electron chi connectivity index (χ1n) is 7.73. The van der Waals surface area contributed by atoms with Crippen LogP contribution < -0.4 is 5.06 Å². The summed E-state index contributed by atoms with van der Waals surface area (Å²) >= 11 is 0. The molecule has 0 amide bonds. The van der Waals surface area contributed by atoms with Crippen LogP contribution in [0.1, 0.15) is 13.2 Å². The highest BCUT2D eigenvalue weighted by Gasteiger charge is 2.53. The summed E-state index contributed by atoms with van der Waals surface area (Å²) in [6.45, 7) is 0.931. The lowest BCUT2D eigenvalue weighted by Crippen LogP contribution is -2.44. The molecule has 0 bridgehead atoms. The van der Waals surface area contributed by atoms with Crippen molar-refractivity contribution in [2.75, 3.05) is 31.9 Å². The molecule has 3 heterocycles. The van der Waals surface area contributed by atoms with E-state index in [1.165, 1.54) is 29.2 Å². The zero-order chi connectivity index (χ0) is 18.2. The van der Waals surface area contributed by atoms with Crippen LogP contribution in [-0.4, -0.2) is 84.6 Å². The molecule has 0 unspecified atom stereocenters. The molecule has 1 fully saturated rings. The number of ether oxygens (including phenoxy) is 1. The van der Waals surface area contributed by atoms with E-state index in [9.17, 15) is 15.3 Å². The molecule has 1 aliphatic heterocycles. The molecule has 1 aliphatic rings. The standard InChI is InChI=1S/C14H21N5O6/c1-14(23)10(22)8(5-21)25-13(14)19-7-17-9-11(15-6-16-12(9)19)18(2)24-4-3-20/h6-8,10,13,20-23H,3-5H2,1-2H3/t8-,10-,13-,14-/m1/s1. The van der Waals surface area contributed by atoms with Crippen molar-refractivity contribution in [3.05, 3.63) is 12.7 Å². The average molecular weight is 355 g/mol. The molecule has 25 heavy (non-hydrogen) atoms. The second-order valence-electron chi connectivity index (χ2n) is 5.96. The number of hydroxylamine groups is 1. The minimum absolute atomic E-state index is 0.0908. The van der Waals surface area contributed by atoms with E-state index in [4.69, 9.17) is 14.7 Å². The molecule has 11 heteroatoms. The molecule has 4 N–H and O–H groups in total. The van der Waals surface area contributed by atoms with Crippen molar-refractivity contribution >= 4 is 17.0 Å². The summed E-state index contributed by atoms with van der Waals surface area (Å²) in [6.07, 6.45) is -0.464. The monoisotopic (exact) mass is 355 g/mol. The normalized spacial score (nSPS) is 29.4. The SMILES string of the molecule is CN(OCCO)c1ncnc2c1ncn2[C@@H]1O[C@H](CO)[C@@H](O)[C@@]1(C)O. The lowest BCUT2D eigenvalue weighted by Gasteiger charge is -2.27. The van der Waals surface area contributed by atoms with Crippen LogP contribution in [0.5, 0.6) is 0 Å². The molecule has 0 saturated carbocycles. The fourth-order valence-corrected chi connectivity index (χ4v) is 2.87. The van der Waals surface area contributed by atoms with Crippen molar-refractivity contribution in [3.63, 3.8) is 0 Å². The van der Waals surface area contributed by atoms with Crippen LogP contribution in [0, 0.1) is 0 Å².